The van der Waals surface area contributed by atoms with Crippen LogP contribution in [0, 0.1) is 0 Å². The largest absolute Gasteiger partial charge is 0.447 e. The first-order valence-electron chi connectivity index (χ1n) is 10.8. The Morgan fingerprint density at radius 2 is 1.18 bits per heavy atom. The van der Waals surface area contributed by atoms with E-state index in [0.717, 1.165) is 20.3 Å². The number of carbonyl (C=O) groups is 2. The number of hydrogen-bond acceptors (Lipinski definition) is 19. The van der Waals surface area contributed by atoms with Gasteiger partial charge in [0.2, 0.25) is 12.8 Å². The second-order valence-electron chi connectivity index (χ2n) is 5.76. The molecule has 228 valence electrons. The van der Waals surface area contributed by atoms with E-state index in [9.17, 15) is 9.59 Å². The maximum absolute atomic E-state index is 11.6. The molecule has 14 nitrogen and oxygen atoms in total. The lowest BCUT2D eigenvalue weighted by Gasteiger charge is -2.06. The molecule has 0 rings (SSSR count). The molecule has 0 aromatic carbocycles. The number of carbonyl (C=O) groups excluding carboxylic acids is 2. The number of alkyl carbamates (subject to hydrolysis) is 2. The minimum absolute atomic E-state index is 0.0159. The van der Waals surface area contributed by atoms with Gasteiger partial charge in [-0.05, 0) is 0 Å². The summed E-state index contributed by atoms with van der Waals surface area (Å²) in [6, 6.07) is 0. The third-order valence-electron chi connectivity index (χ3n) is 2.91. The van der Waals surface area contributed by atoms with E-state index in [1.165, 1.54) is 48.1 Å². The van der Waals surface area contributed by atoms with E-state index in [-0.39, 0.29) is 32.4 Å². The second-order valence-corrected chi connectivity index (χ2v) is 14.0. The van der Waals surface area contributed by atoms with E-state index < -0.39 is 12.2 Å². The lowest BCUT2D eigenvalue weighted by Crippen LogP contribution is -2.24. The van der Waals surface area contributed by atoms with Gasteiger partial charge in [-0.2, -0.15) is 9.78 Å². The molecular formula is C18H34N4O10S7. The molecule has 2 amide bonds. The number of ether oxygens (including phenoxy) is 2. The third kappa shape index (κ3) is 33.9. The summed E-state index contributed by atoms with van der Waals surface area (Å²) in [5.41, 5.74) is 0. The Bertz CT molecular complexity index is 633. The summed E-state index contributed by atoms with van der Waals surface area (Å²) in [4.78, 5) is 49.6. The predicted octanol–water partition coefficient (Wildman–Crippen LogP) is 3.08. The predicted molar refractivity (Wildman–Crippen MR) is 166 cm³/mol. The fourth-order valence-electron chi connectivity index (χ4n) is 1.49. The van der Waals surface area contributed by atoms with Gasteiger partial charge in [0.15, 0.2) is 0 Å². The SMILES string of the molecule is O=C(NCSCSC/N=C/OOCSCSCSCOC(=O)NCSCSC/N=C\OOCCO)OCCO. The second kappa shape index (κ2) is 34.0. The number of hydrogen-bond donors (Lipinski definition) is 4. The van der Waals surface area contributed by atoms with Crippen LogP contribution in [0.3, 0.4) is 0 Å². The van der Waals surface area contributed by atoms with Crippen molar-refractivity contribution in [1.29, 1.82) is 0 Å². The summed E-state index contributed by atoms with van der Waals surface area (Å²) in [5, 5.41) is 25.3. The molecule has 0 spiro atoms. The van der Waals surface area contributed by atoms with Crippen molar-refractivity contribution >= 4 is 107 Å². The number of nitrogens with one attached hydrogen (secondary N) is 2. The topological polar surface area (TPSA) is 179 Å². The fraction of sp³-hybridized carbons (Fsp3) is 0.778. The smallest absolute Gasteiger partial charge is 0.408 e. The highest BCUT2D eigenvalue weighted by molar-refractivity contribution is 8.22. The van der Waals surface area contributed by atoms with Crippen LogP contribution in [0.5, 0.6) is 0 Å². The molecule has 0 heterocycles. The molecule has 0 radical (unpaired) electrons. The number of aliphatic imine (C=N–C) groups is 2. The number of nitrogens with zero attached hydrogens (tertiary/aromatic N) is 2. The maximum atomic E-state index is 11.6. The molecule has 0 saturated carbocycles. The first kappa shape index (κ1) is 38.8. The molecule has 0 aromatic rings. The summed E-state index contributed by atoms with van der Waals surface area (Å²) in [7, 11) is 0. The summed E-state index contributed by atoms with van der Waals surface area (Å²) < 4.78 is 9.74. The minimum atomic E-state index is -0.551. The van der Waals surface area contributed by atoms with Gasteiger partial charge in [0.05, 0.1) is 36.7 Å². The van der Waals surface area contributed by atoms with Gasteiger partial charge in [-0.15, -0.1) is 82.3 Å². The number of thioether (sulfide) groups is 7. The van der Waals surface area contributed by atoms with Crippen molar-refractivity contribution in [3.63, 3.8) is 0 Å². The lowest BCUT2D eigenvalue weighted by molar-refractivity contribution is -0.221. The van der Waals surface area contributed by atoms with Gasteiger partial charge in [0, 0.05) is 20.3 Å². The highest BCUT2D eigenvalue weighted by atomic mass is 32.2. The summed E-state index contributed by atoms with van der Waals surface area (Å²) >= 11 is 10.8. The van der Waals surface area contributed by atoms with Gasteiger partial charge in [-0.25, -0.2) is 19.6 Å². The quantitative estimate of drug-likeness (QED) is 0.0235. The molecule has 0 aromatic heterocycles. The van der Waals surface area contributed by atoms with E-state index in [1.807, 2.05) is 0 Å². The van der Waals surface area contributed by atoms with Crippen LogP contribution in [0.2, 0.25) is 0 Å². The Morgan fingerprint density at radius 1 is 0.641 bits per heavy atom. The molecule has 4 N–H and O–H groups in total. The molecule has 39 heavy (non-hydrogen) atoms. The Balaban J connectivity index is 3.26. The molecule has 0 aliphatic heterocycles. The van der Waals surface area contributed by atoms with Gasteiger partial charge in [0.1, 0.15) is 25.1 Å². The average molecular weight is 691 g/mol. The molecule has 0 atom stereocenters. The average Bonchev–Trinajstić information content (AvgIpc) is 2.94. The van der Waals surface area contributed by atoms with Gasteiger partial charge in [0.25, 0.3) is 0 Å². The van der Waals surface area contributed by atoms with E-state index >= 15 is 0 Å². The standard InChI is InChI=1S/C18H34N4O10S7/c23-1-3-27-17(25)21-9-35-13-34-8-20-6-31-32-12-38-16-39-15-37-11-28-18(26)22-10-36-14-33-7-19-5-30-29-4-2-24/h5-6,23-24H,1-4,7-16H2,(H,21,25)(H,22,26)/b19-5-,20-6+. The third-order valence-corrected chi connectivity index (χ3v) is 10.2. The number of aliphatic hydroxyl groups is 2. The van der Waals surface area contributed by atoms with Gasteiger partial charge in [-0.3, -0.25) is 0 Å². The molecule has 0 saturated heterocycles. The van der Waals surface area contributed by atoms with E-state index in [0.29, 0.717) is 29.4 Å². The number of amides is 2. The Morgan fingerprint density at radius 3 is 1.79 bits per heavy atom. The number of rotatable bonds is 28. The first-order valence-corrected chi connectivity index (χ1v) is 18.9. The van der Waals surface area contributed by atoms with Crippen LogP contribution in [0.15, 0.2) is 9.98 Å². The van der Waals surface area contributed by atoms with Gasteiger partial charge in [-0.1, -0.05) is 0 Å². The molecule has 0 aliphatic carbocycles. The van der Waals surface area contributed by atoms with E-state index in [4.69, 9.17) is 24.7 Å². The zero-order valence-corrected chi connectivity index (χ0v) is 26.7. The highest BCUT2D eigenvalue weighted by Gasteiger charge is 2.02. The van der Waals surface area contributed by atoms with Crippen LogP contribution in [0.25, 0.3) is 0 Å². The molecule has 0 unspecified atom stereocenters. The lowest BCUT2D eigenvalue weighted by atomic mass is 10.8. The Kier molecular flexibility index (Phi) is 33.8. The van der Waals surface area contributed by atoms with E-state index in [1.54, 1.807) is 47.0 Å². The molecular weight excluding hydrogens is 657 g/mol. The van der Waals surface area contributed by atoms with Crippen molar-refractivity contribution in [2.45, 2.75) is 0 Å². The molecule has 0 aliphatic rings. The van der Waals surface area contributed by atoms with Crippen molar-refractivity contribution in [3.05, 3.63) is 0 Å². The van der Waals surface area contributed by atoms with Crippen molar-refractivity contribution in [1.82, 2.24) is 10.6 Å². The van der Waals surface area contributed by atoms with E-state index in [2.05, 4.69) is 35.1 Å². The van der Waals surface area contributed by atoms with Gasteiger partial charge < -0.3 is 40.1 Å². The summed E-state index contributed by atoms with van der Waals surface area (Å²) in [5.74, 6) is 2.48. The Hall–Kier alpha value is -0.230. The molecule has 0 bridgehead atoms. The van der Waals surface area contributed by atoms with Crippen LogP contribution >= 0.6 is 82.3 Å². The van der Waals surface area contributed by atoms with Crippen molar-refractivity contribution in [3.8, 4) is 0 Å². The zero-order valence-electron chi connectivity index (χ0n) is 21.0. The molecule has 0 fully saturated rings. The van der Waals surface area contributed by atoms with Crippen molar-refractivity contribution in [2.24, 2.45) is 9.98 Å². The van der Waals surface area contributed by atoms with Crippen molar-refractivity contribution < 1.29 is 48.8 Å². The van der Waals surface area contributed by atoms with Crippen LogP contribution < -0.4 is 10.6 Å². The summed E-state index contributed by atoms with van der Waals surface area (Å²) in [6.45, 7) is -0.234. The zero-order chi connectivity index (χ0) is 28.5. The normalized spacial score (nSPS) is 11.1. The molecule has 21 heteroatoms. The van der Waals surface area contributed by atoms with Crippen LogP contribution in [-0.2, 0) is 29.0 Å². The van der Waals surface area contributed by atoms with Crippen LogP contribution in [0.1, 0.15) is 0 Å². The van der Waals surface area contributed by atoms with Crippen molar-refractivity contribution in [2.75, 3.05) is 82.2 Å². The monoisotopic (exact) mass is 690 g/mol. The highest BCUT2D eigenvalue weighted by Crippen LogP contribution is 2.18. The van der Waals surface area contributed by atoms with Gasteiger partial charge >= 0.3 is 12.2 Å². The van der Waals surface area contributed by atoms with Crippen LogP contribution in [-0.4, -0.2) is 117 Å². The Labute approximate surface area is 257 Å². The first-order chi connectivity index (χ1) is 19.2. The maximum Gasteiger partial charge on any atom is 0.408 e. The fourth-order valence-corrected chi connectivity index (χ4v) is 7.15. The van der Waals surface area contributed by atoms with Crippen LogP contribution in [0.4, 0.5) is 9.59 Å². The number of aliphatic hydroxyl groups excluding tert-OH is 2. The minimum Gasteiger partial charge on any atom is -0.447 e. The summed E-state index contributed by atoms with van der Waals surface area (Å²) in [6.07, 6.45) is 1.42.